The molecular weight excluding hydrogens is 338 g/mol. The van der Waals surface area contributed by atoms with Crippen molar-refractivity contribution < 1.29 is 9.59 Å². The Morgan fingerprint density at radius 2 is 1.94 bits per heavy atom. The Hall–Kier alpha value is -0.940. The number of halogens is 2. The van der Waals surface area contributed by atoms with Crippen LogP contribution in [0.1, 0.15) is 12.0 Å². The van der Waals surface area contributed by atoms with Gasteiger partial charge in [-0.15, -0.1) is 0 Å². The molecule has 1 aliphatic heterocycles. The zero-order valence-corrected chi connectivity index (χ0v) is 11.3. The fourth-order valence-corrected chi connectivity index (χ4v) is 2.07. The standard InChI is InChI=1S/C11H7Br2NO2/c12-8-2-1-6(4-9(8)13)3-7-5-10(15)14-11(7)16/h1-4H,5H2,(H,14,15,16)/b7-3-. The van der Waals surface area contributed by atoms with Gasteiger partial charge in [0.15, 0.2) is 0 Å². The molecule has 5 heteroatoms. The average Bonchev–Trinajstić information content (AvgIpc) is 2.51. The maximum atomic E-state index is 11.3. The molecule has 0 aliphatic carbocycles. The van der Waals surface area contributed by atoms with Gasteiger partial charge in [-0.25, -0.2) is 0 Å². The lowest BCUT2D eigenvalue weighted by Gasteiger charge is -1.99. The van der Waals surface area contributed by atoms with Crippen molar-refractivity contribution in [3.8, 4) is 0 Å². The number of amides is 2. The Morgan fingerprint density at radius 3 is 2.50 bits per heavy atom. The summed E-state index contributed by atoms with van der Waals surface area (Å²) in [6, 6.07) is 5.64. The van der Waals surface area contributed by atoms with Crippen molar-refractivity contribution in [3.63, 3.8) is 0 Å². The third kappa shape index (κ3) is 2.41. The van der Waals surface area contributed by atoms with Gasteiger partial charge in [0.05, 0.1) is 6.42 Å². The molecule has 0 atom stereocenters. The molecule has 1 N–H and O–H groups in total. The van der Waals surface area contributed by atoms with Gasteiger partial charge in [-0.3, -0.25) is 14.9 Å². The topological polar surface area (TPSA) is 46.2 Å². The molecular formula is C11H7Br2NO2. The number of carbonyl (C=O) groups is 2. The van der Waals surface area contributed by atoms with Crippen molar-refractivity contribution in [2.75, 3.05) is 0 Å². The summed E-state index contributed by atoms with van der Waals surface area (Å²) in [5.41, 5.74) is 1.38. The van der Waals surface area contributed by atoms with Crippen molar-refractivity contribution in [3.05, 3.63) is 38.3 Å². The smallest absolute Gasteiger partial charge is 0.254 e. The first-order valence-electron chi connectivity index (χ1n) is 4.56. The normalized spacial score (nSPS) is 18.0. The Balaban J connectivity index is 2.32. The van der Waals surface area contributed by atoms with Crippen LogP contribution in [0.25, 0.3) is 6.08 Å². The molecule has 16 heavy (non-hydrogen) atoms. The number of imide groups is 1. The summed E-state index contributed by atoms with van der Waals surface area (Å²) in [5, 5.41) is 2.25. The summed E-state index contributed by atoms with van der Waals surface area (Å²) >= 11 is 6.74. The number of carbonyl (C=O) groups excluding carboxylic acids is 2. The highest BCUT2D eigenvalue weighted by molar-refractivity contribution is 9.13. The minimum Gasteiger partial charge on any atom is -0.292 e. The van der Waals surface area contributed by atoms with Crippen LogP contribution in [0.2, 0.25) is 0 Å². The van der Waals surface area contributed by atoms with Crippen LogP contribution >= 0.6 is 31.9 Å². The quantitative estimate of drug-likeness (QED) is 0.628. The van der Waals surface area contributed by atoms with Crippen LogP contribution in [-0.2, 0) is 9.59 Å². The lowest BCUT2D eigenvalue weighted by molar-refractivity contribution is -0.124. The molecule has 3 nitrogen and oxygen atoms in total. The third-order valence-corrected chi connectivity index (χ3v) is 4.06. The lowest BCUT2D eigenvalue weighted by Crippen LogP contribution is -2.19. The first kappa shape index (κ1) is 11.5. The van der Waals surface area contributed by atoms with E-state index in [-0.39, 0.29) is 18.2 Å². The number of hydrogen-bond acceptors (Lipinski definition) is 2. The molecule has 0 bridgehead atoms. The van der Waals surface area contributed by atoms with Crippen molar-refractivity contribution >= 4 is 49.8 Å². The van der Waals surface area contributed by atoms with E-state index in [1.54, 1.807) is 6.08 Å². The summed E-state index contributed by atoms with van der Waals surface area (Å²) in [6.07, 6.45) is 1.88. The predicted octanol–water partition coefficient (Wildman–Crippen LogP) is 2.64. The fourth-order valence-electron chi connectivity index (χ4n) is 1.42. The summed E-state index contributed by atoms with van der Waals surface area (Å²) in [5.74, 6) is -0.545. The van der Waals surface area contributed by atoms with Gasteiger partial charge in [0.1, 0.15) is 0 Å². The number of benzene rings is 1. The molecule has 1 saturated heterocycles. The van der Waals surface area contributed by atoms with E-state index in [9.17, 15) is 9.59 Å². The van der Waals surface area contributed by atoms with Gasteiger partial charge >= 0.3 is 0 Å². The summed E-state index contributed by atoms with van der Waals surface area (Å²) in [7, 11) is 0. The largest absolute Gasteiger partial charge is 0.292 e. The molecule has 0 saturated carbocycles. The molecule has 1 aromatic rings. The molecule has 0 radical (unpaired) electrons. The molecule has 2 amide bonds. The first-order valence-corrected chi connectivity index (χ1v) is 6.14. The predicted molar refractivity (Wildman–Crippen MR) is 67.6 cm³/mol. The third-order valence-electron chi connectivity index (χ3n) is 2.18. The SMILES string of the molecule is O=C1C/C(=C/c2ccc(Br)c(Br)c2)C(=O)N1. The fraction of sp³-hybridized carbons (Fsp3) is 0.0909. The highest BCUT2D eigenvalue weighted by Gasteiger charge is 2.23. The highest BCUT2D eigenvalue weighted by Crippen LogP contribution is 2.25. The monoisotopic (exact) mass is 343 g/mol. The number of rotatable bonds is 1. The van der Waals surface area contributed by atoms with E-state index >= 15 is 0 Å². The second kappa shape index (κ2) is 4.51. The highest BCUT2D eigenvalue weighted by atomic mass is 79.9. The van der Waals surface area contributed by atoms with E-state index in [1.807, 2.05) is 18.2 Å². The minimum absolute atomic E-state index is 0.159. The maximum Gasteiger partial charge on any atom is 0.254 e. The second-order valence-corrected chi connectivity index (χ2v) is 5.11. The van der Waals surface area contributed by atoms with E-state index in [0.717, 1.165) is 14.5 Å². The van der Waals surface area contributed by atoms with Crippen LogP contribution < -0.4 is 5.32 Å². The van der Waals surface area contributed by atoms with Crippen LogP contribution in [-0.4, -0.2) is 11.8 Å². The van der Waals surface area contributed by atoms with Gasteiger partial charge in [-0.2, -0.15) is 0 Å². The Bertz CT molecular complexity index is 509. The van der Waals surface area contributed by atoms with E-state index < -0.39 is 0 Å². The molecule has 1 heterocycles. The molecule has 82 valence electrons. The molecule has 0 unspecified atom stereocenters. The van der Waals surface area contributed by atoms with Gasteiger partial charge in [0.2, 0.25) is 5.91 Å². The molecule has 0 spiro atoms. The maximum absolute atomic E-state index is 11.3. The van der Waals surface area contributed by atoms with E-state index in [4.69, 9.17) is 0 Å². The van der Waals surface area contributed by atoms with Crippen LogP contribution in [0, 0.1) is 0 Å². The van der Waals surface area contributed by atoms with Crippen molar-refractivity contribution in [2.45, 2.75) is 6.42 Å². The van der Waals surface area contributed by atoms with Crippen LogP contribution in [0.15, 0.2) is 32.7 Å². The molecule has 0 aromatic heterocycles. The van der Waals surface area contributed by atoms with Gasteiger partial charge in [0, 0.05) is 14.5 Å². The molecule has 1 aromatic carbocycles. The van der Waals surface area contributed by atoms with Crippen LogP contribution in [0.5, 0.6) is 0 Å². The first-order chi connectivity index (χ1) is 7.56. The molecule has 2 rings (SSSR count). The zero-order valence-electron chi connectivity index (χ0n) is 8.09. The minimum atomic E-state index is -0.302. The lowest BCUT2D eigenvalue weighted by atomic mass is 10.1. The van der Waals surface area contributed by atoms with Crippen LogP contribution in [0.4, 0.5) is 0 Å². The van der Waals surface area contributed by atoms with E-state index in [0.29, 0.717) is 5.57 Å². The van der Waals surface area contributed by atoms with Crippen LogP contribution in [0.3, 0.4) is 0 Å². The summed E-state index contributed by atoms with van der Waals surface area (Å²) in [4.78, 5) is 22.3. The van der Waals surface area contributed by atoms with E-state index in [2.05, 4.69) is 37.2 Å². The Labute approximate surface area is 109 Å². The van der Waals surface area contributed by atoms with Crippen molar-refractivity contribution in [1.29, 1.82) is 0 Å². The summed E-state index contributed by atoms with van der Waals surface area (Å²) < 4.78 is 1.85. The average molecular weight is 345 g/mol. The summed E-state index contributed by atoms with van der Waals surface area (Å²) in [6.45, 7) is 0. The number of hydrogen-bond donors (Lipinski definition) is 1. The Kier molecular flexibility index (Phi) is 3.25. The van der Waals surface area contributed by atoms with Gasteiger partial charge in [-0.05, 0) is 55.6 Å². The Morgan fingerprint density at radius 1 is 1.19 bits per heavy atom. The molecule has 1 fully saturated rings. The zero-order chi connectivity index (χ0) is 11.7. The second-order valence-electron chi connectivity index (χ2n) is 3.40. The van der Waals surface area contributed by atoms with E-state index in [1.165, 1.54) is 0 Å². The number of nitrogens with one attached hydrogen (secondary N) is 1. The van der Waals surface area contributed by atoms with Crippen molar-refractivity contribution in [2.24, 2.45) is 0 Å². The van der Waals surface area contributed by atoms with Gasteiger partial charge < -0.3 is 0 Å². The molecule has 1 aliphatic rings. The van der Waals surface area contributed by atoms with Gasteiger partial charge in [-0.1, -0.05) is 6.07 Å². The van der Waals surface area contributed by atoms with Crippen molar-refractivity contribution in [1.82, 2.24) is 5.32 Å². The van der Waals surface area contributed by atoms with Gasteiger partial charge in [0.25, 0.3) is 5.91 Å².